The second-order valence-electron chi connectivity index (χ2n) is 4.12. The molecule has 1 rings (SSSR count). The fourth-order valence-corrected chi connectivity index (χ4v) is 3.33. The van der Waals surface area contributed by atoms with Crippen molar-refractivity contribution in [3.05, 3.63) is 28.2 Å². The predicted octanol–water partition coefficient (Wildman–Crippen LogP) is 2.13. The van der Waals surface area contributed by atoms with Gasteiger partial charge in [-0.2, -0.15) is 0 Å². The van der Waals surface area contributed by atoms with Crippen molar-refractivity contribution < 1.29 is 8.42 Å². The molecule has 0 spiro atoms. The van der Waals surface area contributed by atoms with Gasteiger partial charge in [-0.25, -0.2) is 13.1 Å². The van der Waals surface area contributed by atoms with E-state index in [2.05, 4.69) is 10.0 Å². The number of halogens is 2. The second kappa shape index (κ2) is 6.73. The minimum absolute atomic E-state index is 0.0802. The summed E-state index contributed by atoms with van der Waals surface area (Å²) in [6.45, 7) is 3.04. The molecule has 18 heavy (non-hydrogen) atoms. The Morgan fingerprint density at radius 2 is 1.72 bits per heavy atom. The highest BCUT2D eigenvalue weighted by Gasteiger charge is 2.16. The Bertz CT molecular complexity index is 486. The Balaban J connectivity index is 2.80. The highest BCUT2D eigenvalue weighted by Crippen LogP contribution is 2.22. The Kier molecular flexibility index (Phi) is 5.88. The van der Waals surface area contributed by atoms with Gasteiger partial charge >= 0.3 is 0 Å². The number of benzene rings is 1. The Labute approximate surface area is 118 Å². The number of nitrogens with one attached hydrogen (secondary N) is 2. The molecule has 0 amide bonds. The van der Waals surface area contributed by atoms with Crippen molar-refractivity contribution in [1.29, 1.82) is 0 Å². The van der Waals surface area contributed by atoms with E-state index < -0.39 is 10.0 Å². The van der Waals surface area contributed by atoms with Crippen molar-refractivity contribution in [3.63, 3.8) is 0 Å². The monoisotopic (exact) mass is 310 g/mol. The quantitative estimate of drug-likeness (QED) is 0.846. The van der Waals surface area contributed by atoms with E-state index >= 15 is 0 Å². The van der Waals surface area contributed by atoms with Gasteiger partial charge in [0.2, 0.25) is 10.0 Å². The van der Waals surface area contributed by atoms with Gasteiger partial charge in [0.25, 0.3) is 0 Å². The van der Waals surface area contributed by atoms with Gasteiger partial charge in [-0.1, -0.05) is 30.1 Å². The number of rotatable bonds is 6. The minimum Gasteiger partial charge on any atom is -0.319 e. The van der Waals surface area contributed by atoms with Crippen LogP contribution in [0.1, 0.15) is 6.92 Å². The van der Waals surface area contributed by atoms with Gasteiger partial charge < -0.3 is 5.32 Å². The molecule has 0 aliphatic carbocycles. The lowest BCUT2D eigenvalue weighted by atomic mass is 10.2. The zero-order valence-corrected chi connectivity index (χ0v) is 12.5. The topological polar surface area (TPSA) is 58.2 Å². The van der Waals surface area contributed by atoms with Crippen LogP contribution in [0.15, 0.2) is 23.1 Å². The van der Waals surface area contributed by atoms with E-state index in [1.165, 1.54) is 18.2 Å². The van der Waals surface area contributed by atoms with Gasteiger partial charge in [-0.3, -0.25) is 0 Å². The first kappa shape index (κ1) is 15.7. The molecule has 0 radical (unpaired) electrons. The lowest BCUT2D eigenvalue weighted by molar-refractivity contribution is 0.519. The van der Waals surface area contributed by atoms with Crippen molar-refractivity contribution in [2.75, 3.05) is 20.1 Å². The van der Waals surface area contributed by atoms with Crippen LogP contribution in [0.25, 0.3) is 0 Å². The highest BCUT2D eigenvalue weighted by atomic mass is 35.5. The maximum atomic E-state index is 12.0. The van der Waals surface area contributed by atoms with Gasteiger partial charge in [0.1, 0.15) is 0 Å². The predicted molar refractivity (Wildman–Crippen MR) is 74.7 cm³/mol. The zero-order valence-electron chi connectivity index (χ0n) is 10.2. The first-order chi connectivity index (χ1) is 8.35. The standard InChI is InChI=1S/C11H16Cl2N2O2S/c1-8(6-14-2)7-15-18(16,17)11-4-9(12)3-10(13)5-11/h3-5,8,14-15H,6-7H2,1-2H3. The van der Waals surface area contributed by atoms with Gasteiger partial charge in [0.05, 0.1) is 4.90 Å². The summed E-state index contributed by atoms with van der Waals surface area (Å²) in [4.78, 5) is 0.0802. The van der Waals surface area contributed by atoms with Gasteiger partial charge in [0.15, 0.2) is 0 Å². The zero-order chi connectivity index (χ0) is 13.8. The van der Waals surface area contributed by atoms with E-state index in [1.54, 1.807) is 0 Å². The van der Waals surface area contributed by atoms with E-state index in [4.69, 9.17) is 23.2 Å². The maximum Gasteiger partial charge on any atom is 0.240 e. The Morgan fingerprint density at radius 3 is 2.22 bits per heavy atom. The summed E-state index contributed by atoms with van der Waals surface area (Å²) in [5.41, 5.74) is 0. The van der Waals surface area contributed by atoms with Crippen molar-refractivity contribution >= 4 is 33.2 Å². The second-order valence-corrected chi connectivity index (χ2v) is 6.76. The van der Waals surface area contributed by atoms with Crippen molar-refractivity contribution in [1.82, 2.24) is 10.0 Å². The van der Waals surface area contributed by atoms with E-state index in [-0.39, 0.29) is 10.8 Å². The summed E-state index contributed by atoms with van der Waals surface area (Å²) in [5, 5.41) is 3.58. The first-order valence-corrected chi connectivity index (χ1v) is 7.69. The third-order valence-electron chi connectivity index (χ3n) is 2.32. The average Bonchev–Trinajstić information content (AvgIpc) is 2.26. The van der Waals surface area contributed by atoms with Crippen LogP contribution in [0.3, 0.4) is 0 Å². The molecule has 0 saturated carbocycles. The number of hydrogen-bond acceptors (Lipinski definition) is 3. The van der Waals surface area contributed by atoms with Crippen molar-refractivity contribution in [3.8, 4) is 0 Å². The van der Waals surface area contributed by atoms with Gasteiger partial charge in [-0.15, -0.1) is 0 Å². The molecule has 7 heteroatoms. The summed E-state index contributed by atoms with van der Waals surface area (Å²) >= 11 is 11.6. The van der Waals surface area contributed by atoms with Gasteiger partial charge in [0, 0.05) is 16.6 Å². The molecule has 2 N–H and O–H groups in total. The third-order valence-corrected chi connectivity index (χ3v) is 4.16. The van der Waals surface area contributed by atoms with Crippen LogP contribution in [0, 0.1) is 5.92 Å². The summed E-state index contributed by atoms with van der Waals surface area (Å²) < 4.78 is 26.5. The Hall–Kier alpha value is -0.330. The first-order valence-electron chi connectivity index (χ1n) is 5.45. The summed E-state index contributed by atoms with van der Waals surface area (Å²) in [6.07, 6.45) is 0. The van der Waals surface area contributed by atoms with E-state index in [0.29, 0.717) is 16.6 Å². The van der Waals surface area contributed by atoms with Gasteiger partial charge in [-0.05, 0) is 37.7 Å². The van der Waals surface area contributed by atoms with Crippen LogP contribution in [-0.4, -0.2) is 28.6 Å². The van der Waals surface area contributed by atoms with Crippen LogP contribution >= 0.6 is 23.2 Å². The molecular weight excluding hydrogens is 295 g/mol. The van der Waals surface area contributed by atoms with Crippen molar-refractivity contribution in [2.45, 2.75) is 11.8 Å². The number of hydrogen-bond donors (Lipinski definition) is 2. The summed E-state index contributed by atoms with van der Waals surface area (Å²) in [5.74, 6) is 0.194. The van der Waals surface area contributed by atoms with E-state index in [9.17, 15) is 8.42 Å². The number of sulfonamides is 1. The van der Waals surface area contributed by atoms with Crippen molar-refractivity contribution in [2.24, 2.45) is 5.92 Å². The Morgan fingerprint density at radius 1 is 1.17 bits per heavy atom. The molecule has 0 aliphatic rings. The molecule has 0 bridgehead atoms. The third kappa shape index (κ3) is 4.74. The highest BCUT2D eigenvalue weighted by molar-refractivity contribution is 7.89. The summed E-state index contributed by atoms with van der Waals surface area (Å²) in [7, 11) is -1.74. The molecule has 1 aromatic rings. The largest absolute Gasteiger partial charge is 0.319 e. The molecule has 1 atom stereocenters. The molecule has 4 nitrogen and oxygen atoms in total. The average molecular weight is 311 g/mol. The molecule has 0 heterocycles. The fraction of sp³-hybridized carbons (Fsp3) is 0.455. The van der Waals surface area contributed by atoms with E-state index in [0.717, 1.165) is 6.54 Å². The van der Waals surface area contributed by atoms with Crippen LogP contribution < -0.4 is 10.0 Å². The normalized spacial score (nSPS) is 13.6. The fourth-order valence-electron chi connectivity index (χ4n) is 1.44. The van der Waals surface area contributed by atoms with Crippen LogP contribution in [0.5, 0.6) is 0 Å². The SMILES string of the molecule is CNCC(C)CNS(=O)(=O)c1cc(Cl)cc(Cl)c1. The lowest BCUT2D eigenvalue weighted by Gasteiger charge is -2.12. The van der Waals surface area contributed by atoms with E-state index in [1.807, 2.05) is 14.0 Å². The van der Waals surface area contributed by atoms with Crippen LogP contribution in [0.2, 0.25) is 10.0 Å². The molecule has 102 valence electrons. The molecular formula is C11H16Cl2N2O2S. The molecule has 1 aromatic carbocycles. The van der Waals surface area contributed by atoms with Crippen LogP contribution in [0.4, 0.5) is 0 Å². The summed E-state index contributed by atoms with van der Waals surface area (Å²) in [6, 6.07) is 4.24. The maximum absolute atomic E-state index is 12.0. The minimum atomic E-state index is -3.57. The smallest absolute Gasteiger partial charge is 0.240 e. The molecule has 0 aromatic heterocycles. The molecule has 0 fully saturated rings. The molecule has 0 saturated heterocycles. The van der Waals surface area contributed by atoms with Crippen LogP contribution in [-0.2, 0) is 10.0 Å². The lowest BCUT2D eigenvalue weighted by Crippen LogP contribution is -2.32. The molecule has 0 aliphatic heterocycles. The molecule has 1 unspecified atom stereocenters.